The van der Waals surface area contributed by atoms with Crippen LogP contribution in [0.15, 0.2) is 48.5 Å². The number of carbonyl (C=O) groups is 2. The summed E-state index contributed by atoms with van der Waals surface area (Å²) in [6, 6.07) is 13.3. The zero-order valence-corrected chi connectivity index (χ0v) is 12.4. The van der Waals surface area contributed by atoms with Crippen LogP contribution in [0.25, 0.3) is 11.1 Å². The van der Waals surface area contributed by atoms with E-state index < -0.39 is 12.1 Å². The van der Waals surface area contributed by atoms with E-state index in [-0.39, 0.29) is 18.2 Å². The highest BCUT2D eigenvalue weighted by Gasteiger charge is 2.29. The van der Waals surface area contributed by atoms with Gasteiger partial charge in [0.2, 0.25) is 0 Å². The number of hydrogen-bond donors (Lipinski definition) is 1. The molecule has 1 N–H and O–H groups in total. The molecule has 118 valence electrons. The lowest BCUT2D eigenvalue weighted by Crippen LogP contribution is -2.47. The van der Waals surface area contributed by atoms with E-state index in [1.54, 1.807) is 42.5 Å². The number of benzene rings is 2. The minimum absolute atomic E-state index is 0.0381. The zero-order chi connectivity index (χ0) is 16.2. The first kappa shape index (κ1) is 15.2. The third-order valence-electron chi connectivity index (χ3n) is 3.87. The van der Waals surface area contributed by atoms with Gasteiger partial charge in [0.05, 0.1) is 6.04 Å². The Labute approximate surface area is 133 Å². The lowest BCUT2D eigenvalue weighted by atomic mass is 9.91. The molecule has 0 radical (unpaired) electrons. The third-order valence-corrected chi connectivity index (χ3v) is 3.87. The monoisotopic (exact) mass is 313 g/mol. The van der Waals surface area contributed by atoms with E-state index in [1.165, 1.54) is 6.07 Å². The largest absolute Gasteiger partial charge is 0.445 e. The lowest BCUT2D eigenvalue weighted by molar-refractivity contribution is -0.126. The van der Waals surface area contributed by atoms with E-state index in [1.807, 2.05) is 0 Å². The first-order valence-electron chi connectivity index (χ1n) is 7.43. The van der Waals surface area contributed by atoms with Crippen LogP contribution in [0.2, 0.25) is 0 Å². The summed E-state index contributed by atoms with van der Waals surface area (Å²) in [7, 11) is 0. The normalized spacial score (nSPS) is 16.6. The maximum Gasteiger partial charge on any atom is 0.408 e. The number of carbonyl (C=O) groups excluding carboxylic acids is 2. The lowest BCUT2D eigenvalue weighted by Gasteiger charge is -2.24. The summed E-state index contributed by atoms with van der Waals surface area (Å²) in [4.78, 5) is 22.7. The van der Waals surface area contributed by atoms with Crippen molar-refractivity contribution < 1.29 is 18.7 Å². The van der Waals surface area contributed by atoms with Gasteiger partial charge in [-0.05, 0) is 23.6 Å². The zero-order valence-electron chi connectivity index (χ0n) is 12.4. The number of Topliss-reactive ketones (excluding diaryl/α,β-unsaturated/α-hetero) is 1. The van der Waals surface area contributed by atoms with Crippen molar-refractivity contribution in [1.82, 2.24) is 5.32 Å². The van der Waals surface area contributed by atoms with Crippen LogP contribution in [0.5, 0.6) is 0 Å². The molecule has 0 bridgehead atoms. The molecular formula is C18H16FNO3. The van der Waals surface area contributed by atoms with Crippen LogP contribution >= 0.6 is 0 Å². The molecule has 1 saturated carbocycles. The fraction of sp³-hybridized carbons (Fsp3) is 0.222. The molecule has 0 heterocycles. The van der Waals surface area contributed by atoms with Gasteiger partial charge in [0, 0.05) is 12.0 Å². The van der Waals surface area contributed by atoms with Gasteiger partial charge in [0.25, 0.3) is 0 Å². The van der Waals surface area contributed by atoms with Crippen molar-refractivity contribution in [3.05, 3.63) is 59.9 Å². The van der Waals surface area contributed by atoms with Crippen molar-refractivity contribution in [3.8, 4) is 11.1 Å². The number of amides is 1. The molecule has 2 aromatic rings. The van der Waals surface area contributed by atoms with Crippen molar-refractivity contribution in [2.24, 2.45) is 0 Å². The molecule has 1 amide bonds. The van der Waals surface area contributed by atoms with Crippen LogP contribution in [0, 0.1) is 5.82 Å². The van der Waals surface area contributed by atoms with E-state index in [0.29, 0.717) is 18.4 Å². The van der Waals surface area contributed by atoms with Crippen molar-refractivity contribution in [1.29, 1.82) is 0 Å². The predicted octanol–water partition coefficient (Wildman–Crippen LogP) is 3.45. The van der Waals surface area contributed by atoms with Crippen LogP contribution < -0.4 is 5.32 Å². The average molecular weight is 313 g/mol. The SMILES string of the molecule is O=C(N[C@H]1CCC1=O)OCc1ccc(-c2ccccc2F)cc1. The molecule has 4 nitrogen and oxygen atoms in total. The highest BCUT2D eigenvalue weighted by atomic mass is 19.1. The number of ketones is 1. The minimum Gasteiger partial charge on any atom is -0.445 e. The molecular weight excluding hydrogens is 297 g/mol. The molecule has 1 aliphatic rings. The first-order chi connectivity index (χ1) is 11.1. The second kappa shape index (κ2) is 6.60. The maximum absolute atomic E-state index is 13.7. The van der Waals surface area contributed by atoms with Gasteiger partial charge in [0.1, 0.15) is 12.4 Å². The number of hydrogen-bond acceptors (Lipinski definition) is 3. The summed E-state index contributed by atoms with van der Waals surface area (Å²) in [5.41, 5.74) is 2.08. The highest BCUT2D eigenvalue weighted by molar-refractivity contribution is 5.92. The topological polar surface area (TPSA) is 55.4 Å². The predicted molar refractivity (Wildman–Crippen MR) is 83.2 cm³/mol. The second-order valence-electron chi connectivity index (χ2n) is 5.45. The fourth-order valence-electron chi connectivity index (χ4n) is 2.37. The molecule has 0 aromatic heterocycles. The van der Waals surface area contributed by atoms with Crippen LogP contribution in [-0.4, -0.2) is 17.9 Å². The van der Waals surface area contributed by atoms with Gasteiger partial charge in [-0.1, -0.05) is 42.5 Å². The first-order valence-corrected chi connectivity index (χ1v) is 7.43. The summed E-state index contributed by atoms with van der Waals surface area (Å²) in [6.07, 6.45) is 0.592. The van der Waals surface area contributed by atoms with E-state index in [0.717, 1.165) is 11.1 Å². The summed E-state index contributed by atoms with van der Waals surface area (Å²) in [6.45, 7) is 0.101. The van der Waals surface area contributed by atoms with Gasteiger partial charge in [-0.3, -0.25) is 4.79 Å². The number of alkyl carbamates (subject to hydrolysis) is 1. The Morgan fingerprint density at radius 2 is 1.91 bits per heavy atom. The molecule has 1 aliphatic carbocycles. The summed E-state index contributed by atoms with van der Waals surface area (Å²) in [5.74, 6) is -0.239. The van der Waals surface area contributed by atoms with Gasteiger partial charge >= 0.3 is 6.09 Å². The molecule has 0 unspecified atom stereocenters. The molecule has 3 rings (SSSR count). The summed E-state index contributed by atoms with van der Waals surface area (Å²) >= 11 is 0. The molecule has 0 saturated heterocycles. The van der Waals surface area contributed by atoms with Gasteiger partial charge in [-0.15, -0.1) is 0 Å². The molecule has 1 fully saturated rings. The number of nitrogens with one attached hydrogen (secondary N) is 1. The van der Waals surface area contributed by atoms with Crippen LogP contribution in [0.1, 0.15) is 18.4 Å². The average Bonchev–Trinajstić information content (AvgIpc) is 2.57. The van der Waals surface area contributed by atoms with Gasteiger partial charge < -0.3 is 10.1 Å². The van der Waals surface area contributed by atoms with E-state index >= 15 is 0 Å². The van der Waals surface area contributed by atoms with E-state index in [4.69, 9.17) is 4.74 Å². The van der Waals surface area contributed by atoms with Gasteiger partial charge in [-0.25, -0.2) is 9.18 Å². The standard InChI is InChI=1S/C18H16FNO3/c19-15-4-2-1-3-14(15)13-7-5-12(6-8-13)11-23-18(22)20-16-9-10-17(16)21/h1-8,16H,9-11H2,(H,20,22)/t16-/m0/s1. The van der Waals surface area contributed by atoms with Crippen molar-refractivity contribution in [2.75, 3.05) is 0 Å². The third kappa shape index (κ3) is 3.56. The van der Waals surface area contributed by atoms with E-state index in [9.17, 15) is 14.0 Å². The minimum atomic E-state index is -0.596. The van der Waals surface area contributed by atoms with Crippen LogP contribution in [0.3, 0.4) is 0 Å². The Hall–Kier alpha value is -2.69. The van der Waals surface area contributed by atoms with Crippen molar-refractivity contribution in [2.45, 2.75) is 25.5 Å². The van der Waals surface area contributed by atoms with E-state index in [2.05, 4.69) is 5.32 Å². The molecule has 0 aliphatic heterocycles. The Balaban J connectivity index is 1.56. The maximum atomic E-state index is 13.7. The Kier molecular flexibility index (Phi) is 4.37. The van der Waals surface area contributed by atoms with Crippen molar-refractivity contribution in [3.63, 3.8) is 0 Å². The molecule has 2 aromatic carbocycles. The van der Waals surface area contributed by atoms with Crippen molar-refractivity contribution >= 4 is 11.9 Å². The second-order valence-corrected chi connectivity index (χ2v) is 5.45. The summed E-state index contributed by atoms with van der Waals surface area (Å²) < 4.78 is 18.8. The Bertz CT molecular complexity index is 727. The quantitative estimate of drug-likeness (QED) is 0.940. The van der Waals surface area contributed by atoms with Gasteiger partial charge in [0.15, 0.2) is 5.78 Å². The smallest absolute Gasteiger partial charge is 0.408 e. The Morgan fingerprint density at radius 1 is 1.17 bits per heavy atom. The fourth-order valence-corrected chi connectivity index (χ4v) is 2.37. The number of halogens is 1. The Morgan fingerprint density at radius 3 is 2.52 bits per heavy atom. The summed E-state index contributed by atoms with van der Waals surface area (Å²) in [5, 5.41) is 2.52. The molecule has 1 atom stereocenters. The molecule has 5 heteroatoms. The highest BCUT2D eigenvalue weighted by Crippen LogP contribution is 2.23. The number of rotatable bonds is 4. The molecule has 23 heavy (non-hydrogen) atoms. The van der Waals surface area contributed by atoms with Crippen LogP contribution in [-0.2, 0) is 16.1 Å². The molecule has 0 spiro atoms. The number of ether oxygens (including phenoxy) is 1. The van der Waals surface area contributed by atoms with Gasteiger partial charge in [-0.2, -0.15) is 0 Å². The van der Waals surface area contributed by atoms with Crippen LogP contribution in [0.4, 0.5) is 9.18 Å².